The van der Waals surface area contributed by atoms with Gasteiger partial charge in [-0.05, 0) is 79.9 Å². The number of anilines is 2. The number of ether oxygens (including phenoxy) is 1. The average molecular weight is 420 g/mol. The van der Waals surface area contributed by atoms with Crippen molar-refractivity contribution in [1.29, 1.82) is 0 Å². The highest BCUT2D eigenvalue weighted by molar-refractivity contribution is 6.04. The molecule has 3 rings (SSSR count). The van der Waals surface area contributed by atoms with Gasteiger partial charge in [-0.3, -0.25) is 9.59 Å². The minimum atomic E-state index is -0.719. The molecule has 0 radical (unpaired) electrons. The minimum Gasteiger partial charge on any atom is -0.481 e. The second-order valence-electron chi connectivity index (χ2n) is 7.20. The number of aryl methyl sites for hydroxylation is 2. The quantitative estimate of drug-likeness (QED) is 0.541. The normalized spacial score (nSPS) is 11.5. The number of hydrogen-bond acceptors (Lipinski definition) is 3. The molecule has 0 saturated carbocycles. The summed E-state index contributed by atoms with van der Waals surface area (Å²) in [5.74, 6) is -0.467. The van der Waals surface area contributed by atoms with Gasteiger partial charge in [0.2, 0.25) is 0 Å². The molecule has 0 aliphatic rings. The van der Waals surface area contributed by atoms with Crippen LogP contribution in [-0.4, -0.2) is 17.9 Å². The lowest BCUT2D eigenvalue weighted by molar-refractivity contribution is -0.122. The van der Waals surface area contributed by atoms with Crippen LogP contribution >= 0.6 is 0 Å². The van der Waals surface area contributed by atoms with E-state index >= 15 is 0 Å². The van der Waals surface area contributed by atoms with Gasteiger partial charge in [0.05, 0.1) is 0 Å². The third-order valence-corrected chi connectivity index (χ3v) is 4.89. The Morgan fingerprint density at radius 2 is 1.65 bits per heavy atom. The molecule has 0 aliphatic heterocycles. The summed E-state index contributed by atoms with van der Waals surface area (Å²) in [4.78, 5) is 24.9. The number of halogens is 1. The first-order chi connectivity index (χ1) is 14.9. The highest BCUT2D eigenvalue weighted by Crippen LogP contribution is 2.22. The van der Waals surface area contributed by atoms with Crippen LogP contribution in [0.3, 0.4) is 0 Å². The van der Waals surface area contributed by atoms with Crippen LogP contribution in [-0.2, 0) is 11.2 Å². The summed E-state index contributed by atoms with van der Waals surface area (Å²) in [5.41, 5.74) is 3.80. The van der Waals surface area contributed by atoms with Gasteiger partial charge in [-0.25, -0.2) is 4.39 Å². The lowest BCUT2D eigenvalue weighted by Crippen LogP contribution is -2.30. The predicted molar refractivity (Wildman–Crippen MR) is 120 cm³/mol. The molecule has 2 N–H and O–H groups in total. The molecule has 1 atom stereocenters. The first-order valence-electron chi connectivity index (χ1n) is 10.1. The van der Waals surface area contributed by atoms with Crippen LogP contribution in [0.25, 0.3) is 0 Å². The van der Waals surface area contributed by atoms with Gasteiger partial charge in [-0.15, -0.1) is 0 Å². The molecule has 160 valence electrons. The lowest BCUT2D eigenvalue weighted by atomic mass is 10.1. The Hall–Kier alpha value is -3.67. The third kappa shape index (κ3) is 5.69. The summed E-state index contributed by atoms with van der Waals surface area (Å²) < 4.78 is 18.7. The van der Waals surface area contributed by atoms with E-state index in [9.17, 15) is 14.0 Å². The van der Waals surface area contributed by atoms with Gasteiger partial charge < -0.3 is 15.4 Å². The zero-order valence-electron chi connectivity index (χ0n) is 17.7. The Balaban J connectivity index is 1.60. The minimum absolute atomic E-state index is 0.248. The molecule has 6 heteroatoms. The highest BCUT2D eigenvalue weighted by atomic mass is 19.1. The van der Waals surface area contributed by atoms with Crippen molar-refractivity contribution in [1.82, 2.24) is 0 Å². The van der Waals surface area contributed by atoms with Crippen molar-refractivity contribution in [3.63, 3.8) is 0 Å². The third-order valence-electron chi connectivity index (χ3n) is 4.89. The van der Waals surface area contributed by atoms with Gasteiger partial charge in [0.15, 0.2) is 6.10 Å². The first-order valence-corrected chi connectivity index (χ1v) is 10.1. The molecular formula is C25H25FN2O3. The smallest absolute Gasteiger partial charge is 0.265 e. The van der Waals surface area contributed by atoms with Crippen LogP contribution in [0.5, 0.6) is 5.75 Å². The molecule has 0 saturated heterocycles. The van der Waals surface area contributed by atoms with Crippen LogP contribution in [0.4, 0.5) is 15.8 Å². The van der Waals surface area contributed by atoms with Gasteiger partial charge in [0, 0.05) is 16.9 Å². The van der Waals surface area contributed by atoms with Crippen molar-refractivity contribution in [3.8, 4) is 5.75 Å². The SMILES string of the molecule is CCc1cccc(C)c1NC(=O)[C@@H](C)Oc1ccc(C(=O)Nc2ccc(F)cc2)cc1. The number of benzene rings is 3. The molecule has 31 heavy (non-hydrogen) atoms. The summed E-state index contributed by atoms with van der Waals surface area (Å²) >= 11 is 0. The molecule has 2 amide bonds. The summed E-state index contributed by atoms with van der Waals surface area (Å²) in [7, 11) is 0. The Morgan fingerprint density at radius 3 is 2.29 bits per heavy atom. The van der Waals surface area contributed by atoms with E-state index < -0.39 is 6.10 Å². The number of nitrogens with one attached hydrogen (secondary N) is 2. The molecule has 0 spiro atoms. The molecule has 0 aromatic heterocycles. The Morgan fingerprint density at radius 1 is 0.968 bits per heavy atom. The fourth-order valence-electron chi connectivity index (χ4n) is 3.11. The summed E-state index contributed by atoms with van der Waals surface area (Å²) in [6.07, 6.45) is 0.0942. The van der Waals surface area contributed by atoms with E-state index in [4.69, 9.17) is 4.74 Å². The number of hydrogen-bond donors (Lipinski definition) is 2. The van der Waals surface area contributed by atoms with Gasteiger partial charge in [0.1, 0.15) is 11.6 Å². The number of carbonyl (C=O) groups is 2. The molecular weight excluding hydrogens is 395 g/mol. The summed E-state index contributed by atoms with van der Waals surface area (Å²) in [5, 5.41) is 5.65. The number of carbonyl (C=O) groups excluding carboxylic acids is 2. The fourth-order valence-corrected chi connectivity index (χ4v) is 3.11. The zero-order valence-corrected chi connectivity index (χ0v) is 17.7. The lowest BCUT2D eigenvalue weighted by Gasteiger charge is -2.18. The molecule has 5 nitrogen and oxygen atoms in total. The van der Waals surface area contributed by atoms with E-state index in [-0.39, 0.29) is 17.6 Å². The number of amides is 2. The van der Waals surface area contributed by atoms with Crippen LogP contribution in [0.2, 0.25) is 0 Å². The van der Waals surface area contributed by atoms with E-state index in [2.05, 4.69) is 10.6 Å². The van der Waals surface area contributed by atoms with E-state index in [1.807, 2.05) is 32.0 Å². The Labute approximate surface area is 181 Å². The molecule has 3 aromatic carbocycles. The second-order valence-corrected chi connectivity index (χ2v) is 7.20. The van der Waals surface area contributed by atoms with Gasteiger partial charge >= 0.3 is 0 Å². The molecule has 0 heterocycles. The average Bonchev–Trinajstić information content (AvgIpc) is 2.77. The maximum Gasteiger partial charge on any atom is 0.265 e. The topological polar surface area (TPSA) is 67.4 Å². The zero-order chi connectivity index (χ0) is 22.4. The van der Waals surface area contributed by atoms with Gasteiger partial charge in [-0.2, -0.15) is 0 Å². The standard InChI is InChI=1S/C25H25FN2O3/c1-4-18-7-5-6-16(2)23(18)28-24(29)17(3)31-22-14-8-19(9-15-22)25(30)27-21-12-10-20(26)11-13-21/h5-15,17H,4H2,1-3H3,(H,27,30)(H,28,29)/t17-/m1/s1. The Bertz CT molecular complexity index is 1060. The monoisotopic (exact) mass is 420 g/mol. The van der Waals surface area contributed by atoms with E-state index in [0.29, 0.717) is 17.0 Å². The first kappa shape index (κ1) is 22.0. The fraction of sp³-hybridized carbons (Fsp3) is 0.200. The van der Waals surface area contributed by atoms with Crippen molar-refractivity contribution < 1.29 is 18.7 Å². The predicted octanol–water partition coefficient (Wildman–Crippen LogP) is 5.35. The van der Waals surface area contributed by atoms with Crippen LogP contribution in [0, 0.1) is 12.7 Å². The summed E-state index contributed by atoms with van der Waals surface area (Å²) in [6.45, 7) is 5.67. The molecule has 3 aromatic rings. The maximum atomic E-state index is 13.0. The van der Waals surface area contributed by atoms with Crippen molar-refractivity contribution in [3.05, 3.63) is 89.2 Å². The van der Waals surface area contributed by atoms with E-state index in [1.54, 1.807) is 31.2 Å². The van der Waals surface area contributed by atoms with Crippen molar-refractivity contribution >= 4 is 23.2 Å². The van der Waals surface area contributed by atoms with Crippen LogP contribution in [0.1, 0.15) is 35.3 Å². The largest absolute Gasteiger partial charge is 0.481 e. The van der Waals surface area contributed by atoms with Crippen LogP contribution < -0.4 is 15.4 Å². The second kappa shape index (κ2) is 9.89. The van der Waals surface area contributed by atoms with Crippen molar-refractivity contribution in [2.45, 2.75) is 33.3 Å². The maximum absolute atomic E-state index is 13.0. The Kier molecular flexibility index (Phi) is 7.03. The number of para-hydroxylation sites is 1. The molecule has 0 unspecified atom stereocenters. The van der Waals surface area contributed by atoms with E-state index in [1.165, 1.54) is 24.3 Å². The van der Waals surface area contributed by atoms with Crippen LogP contribution in [0.15, 0.2) is 66.7 Å². The summed E-state index contributed by atoms with van der Waals surface area (Å²) in [6, 6.07) is 17.9. The van der Waals surface area contributed by atoms with Crippen molar-refractivity contribution in [2.75, 3.05) is 10.6 Å². The van der Waals surface area contributed by atoms with Gasteiger partial charge in [0.25, 0.3) is 11.8 Å². The highest BCUT2D eigenvalue weighted by Gasteiger charge is 2.17. The molecule has 0 aliphatic carbocycles. The molecule has 0 fully saturated rings. The number of rotatable bonds is 7. The van der Waals surface area contributed by atoms with E-state index in [0.717, 1.165) is 23.2 Å². The van der Waals surface area contributed by atoms with Gasteiger partial charge in [-0.1, -0.05) is 25.1 Å². The van der Waals surface area contributed by atoms with Crippen molar-refractivity contribution in [2.24, 2.45) is 0 Å². The molecule has 0 bridgehead atoms.